The van der Waals surface area contributed by atoms with Crippen molar-refractivity contribution in [3.63, 3.8) is 0 Å². The van der Waals surface area contributed by atoms with Gasteiger partial charge in [0.15, 0.2) is 17.2 Å². The SMILES string of the molecule is C[C@]12C=CC(=O)C=C1CC[C@@H]1[C@@H]2[C@@H](O)C[C@@]2(C)[C@H]1CC[C@]2(OC(=O)c1ccco1)C(=O)CSc1nccc2ccccc12. The van der Waals surface area contributed by atoms with E-state index < -0.39 is 28.5 Å². The van der Waals surface area contributed by atoms with Gasteiger partial charge in [-0.15, -0.1) is 0 Å². The van der Waals surface area contributed by atoms with E-state index in [1.165, 1.54) is 18.0 Å². The number of fused-ring (bicyclic) bond motifs is 6. The molecule has 3 fully saturated rings. The van der Waals surface area contributed by atoms with Gasteiger partial charge in [-0.3, -0.25) is 9.59 Å². The van der Waals surface area contributed by atoms with Crippen LogP contribution in [-0.4, -0.2) is 45.1 Å². The molecule has 7 nitrogen and oxygen atoms in total. The van der Waals surface area contributed by atoms with Crippen LogP contribution in [0.1, 0.15) is 56.5 Å². The summed E-state index contributed by atoms with van der Waals surface area (Å²) < 4.78 is 11.7. The molecule has 0 spiro atoms. The summed E-state index contributed by atoms with van der Waals surface area (Å²) in [4.78, 5) is 44.8. The predicted octanol–water partition coefficient (Wildman–Crippen LogP) is 6.36. The molecule has 1 aromatic carbocycles. The predicted molar refractivity (Wildman–Crippen MR) is 162 cm³/mol. The summed E-state index contributed by atoms with van der Waals surface area (Å²) in [6.45, 7) is 4.16. The summed E-state index contributed by atoms with van der Waals surface area (Å²) in [5.74, 6) is -0.640. The molecule has 2 aromatic heterocycles. The first-order chi connectivity index (χ1) is 20.7. The van der Waals surface area contributed by atoms with Crippen LogP contribution in [0.15, 0.2) is 88.2 Å². The number of hydrogen-bond donors (Lipinski definition) is 1. The number of ketones is 2. The third-order valence-corrected chi connectivity index (χ3v) is 12.0. The number of benzene rings is 1. The van der Waals surface area contributed by atoms with Crippen molar-refractivity contribution in [3.05, 3.63) is 84.5 Å². The Morgan fingerprint density at radius 2 is 1.98 bits per heavy atom. The number of hydrogen-bond acceptors (Lipinski definition) is 8. The summed E-state index contributed by atoms with van der Waals surface area (Å²) in [6, 6.07) is 13.0. The molecule has 3 aromatic rings. The fraction of sp³-hybridized carbons (Fsp3) is 0.429. The molecular formula is C35H35NO6S. The van der Waals surface area contributed by atoms with Gasteiger partial charge in [0.25, 0.3) is 0 Å². The number of furan rings is 1. The summed E-state index contributed by atoms with van der Waals surface area (Å²) >= 11 is 1.36. The Morgan fingerprint density at radius 3 is 2.79 bits per heavy atom. The number of ether oxygens (including phenoxy) is 1. The highest BCUT2D eigenvalue weighted by molar-refractivity contribution is 8.00. The second-order valence-corrected chi connectivity index (χ2v) is 14.0. The van der Waals surface area contributed by atoms with E-state index in [2.05, 4.69) is 11.9 Å². The van der Waals surface area contributed by atoms with Gasteiger partial charge < -0.3 is 14.3 Å². The van der Waals surface area contributed by atoms with Gasteiger partial charge in [-0.2, -0.15) is 0 Å². The van der Waals surface area contributed by atoms with Crippen molar-refractivity contribution in [2.45, 2.75) is 62.7 Å². The van der Waals surface area contributed by atoms with E-state index in [0.717, 1.165) is 34.2 Å². The minimum atomic E-state index is -1.43. The Bertz CT molecular complexity index is 1670. The smallest absolute Gasteiger partial charge is 0.375 e. The van der Waals surface area contributed by atoms with Crippen molar-refractivity contribution in [1.29, 1.82) is 0 Å². The van der Waals surface area contributed by atoms with Crippen molar-refractivity contribution in [3.8, 4) is 0 Å². The molecule has 7 atom stereocenters. The van der Waals surface area contributed by atoms with E-state index in [1.54, 1.807) is 30.5 Å². The fourth-order valence-corrected chi connectivity index (χ4v) is 10.0. The van der Waals surface area contributed by atoms with Crippen LogP contribution >= 0.6 is 11.8 Å². The number of pyridine rings is 1. The quantitative estimate of drug-likeness (QED) is 0.258. The Labute approximate surface area is 254 Å². The maximum atomic E-state index is 14.5. The molecule has 2 heterocycles. The van der Waals surface area contributed by atoms with Crippen LogP contribution in [0.25, 0.3) is 10.8 Å². The van der Waals surface area contributed by atoms with E-state index in [9.17, 15) is 19.5 Å². The molecule has 1 N–H and O–H groups in total. The van der Waals surface area contributed by atoms with Gasteiger partial charge in [0, 0.05) is 28.3 Å². The minimum Gasteiger partial charge on any atom is -0.457 e. The van der Waals surface area contributed by atoms with E-state index >= 15 is 0 Å². The first-order valence-electron chi connectivity index (χ1n) is 15.1. The first kappa shape index (κ1) is 28.3. The Morgan fingerprint density at radius 1 is 1.14 bits per heavy atom. The van der Waals surface area contributed by atoms with Crippen LogP contribution in [-0.2, 0) is 14.3 Å². The third kappa shape index (κ3) is 4.28. The lowest BCUT2D eigenvalue weighted by molar-refractivity contribution is -0.176. The molecule has 3 saturated carbocycles. The highest BCUT2D eigenvalue weighted by Gasteiger charge is 2.70. The van der Waals surface area contributed by atoms with Crippen LogP contribution < -0.4 is 0 Å². The molecule has 0 radical (unpaired) electrons. The minimum absolute atomic E-state index is 0.00503. The molecule has 8 heteroatoms. The Balaban J connectivity index is 1.24. The number of esters is 1. The Hall–Kier alpha value is -3.49. The number of thioether (sulfide) groups is 1. The van der Waals surface area contributed by atoms with Crippen molar-refractivity contribution >= 4 is 40.1 Å². The topological polar surface area (TPSA) is 107 Å². The van der Waals surface area contributed by atoms with Gasteiger partial charge in [-0.25, -0.2) is 9.78 Å². The first-order valence-corrected chi connectivity index (χ1v) is 16.0. The zero-order valence-corrected chi connectivity index (χ0v) is 25.1. The van der Waals surface area contributed by atoms with E-state index in [-0.39, 0.29) is 40.8 Å². The van der Waals surface area contributed by atoms with E-state index in [0.29, 0.717) is 19.3 Å². The van der Waals surface area contributed by atoms with Crippen LogP contribution in [0.2, 0.25) is 0 Å². The van der Waals surface area contributed by atoms with Crippen molar-refractivity contribution in [2.75, 3.05) is 5.75 Å². The van der Waals surface area contributed by atoms with Gasteiger partial charge in [-0.1, -0.05) is 61.5 Å². The maximum absolute atomic E-state index is 14.5. The zero-order chi connectivity index (χ0) is 30.0. The summed E-state index contributed by atoms with van der Waals surface area (Å²) in [5.41, 5.74) is -1.56. The molecule has 0 saturated heterocycles. The second-order valence-electron chi connectivity index (χ2n) is 13.0. The van der Waals surface area contributed by atoms with Gasteiger partial charge >= 0.3 is 5.97 Å². The molecule has 222 valence electrons. The summed E-state index contributed by atoms with van der Waals surface area (Å²) in [6.07, 6.45) is 10.7. The van der Waals surface area contributed by atoms with E-state index in [1.807, 2.05) is 43.3 Å². The summed E-state index contributed by atoms with van der Waals surface area (Å²) in [5, 5.41) is 14.7. The van der Waals surface area contributed by atoms with Crippen molar-refractivity contribution < 1.29 is 28.6 Å². The molecule has 4 aliphatic carbocycles. The second kappa shape index (κ2) is 10.3. The fourth-order valence-electron chi connectivity index (χ4n) is 9.06. The number of aliphatic hydroxyl groups is 1. The molecule has 0 unspecified atom stereocenters. The number of aliphatic hydroxyl groups excluding tert-OH is 1. The van der Waals surface area contributed by atoms with Gasteiger partial charge in [0.05, 0.1) is 18.1 Å². The highest BCUT2D eigenvalue weighted by atomic mass is 32.2. The molecule has 43 heavy (non-hydrogen) atoms. The van der Waals surface area contributed by atoms with Gasteiger partial charge in [-0.05, 0) is 79.7 Å². The molecule has 0 bridgehead atoms. The lowest BCUT2D eigenvalue weighted by Gasteiger charge is -2.59. The van der Waals surface area contributed by atoms with Gasteiger partial charge in [0.1, 0.15) is 5.03 Å². The number of Topliss-reactive ketones (excluding diaryl/α,β-unsaturated/α-hetero) is 1. The molecule has 7 rings (SSSR count). The number of carbonyl (C=O) groups is 3. The van der Waals surface area contributed by atoms with Gasteiger partial charge in [0.2, 0.25) is 5.76 Å². The monoisotopic (exact) mass is 597 g/mol. The molecule has 0 aliphatic heterocycles. The lowest BCUT2D eigenvalue weighted by atomic mass is 9.46. The maximum Gasteiger partial charge on any atom is 0.375 e. The molecule has 0 amide bonds. The Kier molecular flexibility index (Phi) is 6.78. The molecular weight excluding hydrogens is 562 g/mol. The average molecular weight is 598 g/mol. The van der Waals surface area contributed by atoms with Crippen LogP contribution in [0, 0.1) is 28.6 Å². The number of rotatable bonds is 6. The van der Waals surface area contributed by atoms with Crippen molar-refractivity contribution in [1.82, 2.24) is 4.98 Å². The van der Waals surface area contributed by atoms with Crippen molar-refractivity contribution in [2.24, 2.45) is 28.6 Å². The molecule has 4 aliphatic rings. The standard InChI is InChI=1S/C35H35NO6S/c1-33-14-11-23(37)18-22(33)9-10-25-26-12-15-35(34(26,2)19-27(38)30(25)33,42-32(40)28-8-5-17-41-28)29(39)20-43-31-24-7-4-3-6-21(24)13-16-36-31/h3-8,11,13-14,16-18,25-27,30,38H,9-10,12,15,19-20H2,1-2H3/t25-,26-,27-,30+,33-,34-,35-/m0/s1. The van der Waals surface area contributed by atoms with E-state index in [4.69, 9.17) is 9.15 Å². The number of nitrogens with zero attached hydrogens (tertiary/aromatic N) is 1. The lowest BCUT2D eigenvalue weighted by Crippen LogP contribution is -2.62. The zero-order valence-electron chi connectivity index (χ0n) is 24.3. The van der Waals surface area contributed by atoms with Crippen LogP contribution in [0.4, 0.5) is 0 Å². The largest absolute Gasteiger partial charge is 0.457 e. The number of allylic oxidation sites excluding steroid dienone is 4. The number of carbonyl (C=O) groups excluding carboxylic acids is 3. The summed E-state index contributed by atoms with van der Waals surface area (Å²) in [7, 11) is 0. The van der Waals surface area contributed by atoms with Crippen LogP contribution in [0.3, 0.4) is 0 Å². The third-order valence-electron chi connectivity index (χ3n) is 11.0. The normalized spacial score (nSPS) is 34.7. The number of aromatic nitrogens is 1. The van der Waals surface area contributed by atoms with Crippen LogP contribution in [0.5, 0.6) is 0 Å². The highest BCUT2D eigenvalue weighted by Crippen LogP contribution is 2.68. The average Bonchev–Trinajstić information content (AvgIpc) is 3.63.